The van der Waals surface area contributed by atoms with Gasteiger partial charge < -0.3 is 10.1 Å². The number of anilines is 1. The number of ether oxygens (including phenoxy) is 1. The van der Waals surface area contributed by atoms with Gasteiger partial charge in [0, 0.05) is 36.5 Å². The summed E-state index contributed by atoms with van der Waals surface area (Å²) in [5.41, 5.74) is 1.22. The molecule has 6 heteroatoms. The van der Waals surface area contributed by atoms with Crippen LogP contribution in [0.25, 0.3) is 10.9 Å². The first-order valence-corrected chi connectivity index (χ1v) is 5.91. The fourth-order valence-electron chi connectivity index (χ4n) is 1.99. The molecule has 0 saturated carbocycles. The largest absolute Gasteiger partial charge is 0.383 e. The number of nitrogens with one attached hydrogen (secondary N) is 1. The topological polar surface area (TPSA) is 77.3 Å². The van der Waals surface area contributed by atoms with Crippen LogP contribution in [0.2, 0.25) is 0 Å². The molecule has 0 fully saturated rings. The number of hydrogen-bond acceptors (Lipinski definition) is 5. The molecule has 1 aromatic heterocycles. The summed E-state index contributed by atoms with van der Waals surface area (Å²) in [5, 5.41) is 15.0. The lowest BCUT2D eigenvalue weighted by Crippen LogP contribution is -2.20. The number of non-ortho nitro benzene ring substituents is 1. The Morgan fingerprint density at radius 2 is 2.26 bits per heavy atom. The van der Waals surface area contributed by atoms with Crippen LogP contribution in [0.15, 0.2) is 30.5 Å². The van der Waals surface area contributed by atoms with Gasteiger partial charge in [0.2, 0.25) is 0 Å². The van der Waals surface area contributed by atoms with Crippen molar-refractivity contribution in [3.8, 4) is 0 Å². The van der Waals surface area contributed by atoms with Crippen LogP contribution < -0.4 is 5.32 Å². The first kappa shape index (κ1) is 13.2. The van der Waals surface area contributed by atoms with E-state index in [1.54, 1.807) is 25.4 Å². The molecule has 6 nitrogen and oxygen atoms in total. The normalized spacial score (nSPS) is 12.3. The first-order chi connectivity index (χ1) is 9.13. The minimum atomic E-state index is -0.419. The van der Waals surface area contributed by atoms with E-state index in [1.807, 2.05) is 13.0 Å². The molecule has 1 heterocycles. The van der Waals surface area contributed by atoms with Gasteiger partial charge in [0.15, 0.2) is 0 Å². The number of nitro groups is 1. The van der Waals surface area contributed by atoms with Crippen molar-refractivity contribution in [3.63, 3.8) is 0 Å². The van der Waals surface area contributed by atoms with Gasteiger partial charge in [0.25, 0.3) is 5.69 Å². The van der Waals surface area contributed by atoms with E-state index in [4.69, 9.17) is 4.74 Å². The summed E-state index contributed by atoms with van der Waals surface area (Å²) in [6.07, 6.45) is 1.55. The third-order valence-corrected chi connectivity index (χ3v) is 2.76. The SMILES string of the molecule is COCC(C)Nc1ccc([N+](=O)[O-])c2ncccc12. The summed E-state index contributed by atoms with van der Waals surface area (Å²) in [6, 6.07) is 6.86. The molecular formula is C13H15N3O3. The quantitative estimate of drug-likeness (QED) is 0.661. The molecule has 0 bridgehead atoms. The molecule has 2 rings (SSSR count). The van der Waals surface area contributed by atoms with Crippen LogP contribution in [-0.4, -0.2) is 29.7 Å². The molecule has 0 aliphatic heterocycles. The number of pyridine rings is 1. The van der Waals surface area contributed by atoms with E-state index in [2.05, 4.69) is 10.3 Å². The van der Waals surface area contributed by atoms with Crippen molar-refractivity contribution in [2.75, 3.05) is 19.0 Å². The van der Waals surface area contributed by atoms with E-state index < -0.39 is 4.92 Å². The summed E-state index contributed by atoms with van der Waals surface area (Å²) in [5.74, 6) is 0. The second-order valence-electron chi connectivity index (χ2n) is 4.29. The Bertz CT molecular complexity index is 601. The van der Waals surface area contributed by atoms with E-state index in [1.165, 1.54) is 6.07 Å². The zero-order chi connectivity index (χ0) is 13.8. The Morgan fingerprint density at radius 1 is 1.47 bits per heavy atom. The average molecular weight is 261 g/mol. The Kier molecular flexibility index (Phi) is 3.91. The summed E-state index contributed by atoms with van der Waals surface area (Å²) in [4.78, 5) is 14.7. The second-order valence-corrected chi connectivity index (χ2v) is 4.29. The van der Waals surface area contributed by atoms with E-state index in [9.17, 15) is 10.1 Å². The molecule has 0 aliphatic carbocycles. The molecular weight excluding hydrogens is 246 g/mol. The van der Waals surface area contributed by atoms with E-state index >= 15 is 0 Å². The number of fused-ring (bicyclic) bond motifs is 1. The lowest BCUT2D eigenvalue weighted by atomic mass is 10.1. The lowest BCUT2D eigenvalue weighted by molar-refractivity contribution is -0.383. The van der Waals surface area contributed by atoms with Crippen molar-refractivity contribution in [2.24, 2.45) is 0 Å². The third-order valence-electron chi connectivity index (χ3n) is 2.76. The highest BCUT2D eigenvalue weighted by molar-refractivity contribution is 5.96. The molecule has 0 radical (unpaired) electrons. The van der Waals surface area contributed by atoms with Crippen molar-refractivity contribution in [1.82, 2.24) is 4.98 Å². The van der Waals surface area contributed by atoms with Crippen LogP contribution in [-0.2, 0) is 4.74 Å². The summed E-state index contributed by atoms with van der Waals surface area (Å²) in [7, 11) is 1.63. The molecule has 1 atom stereocenters. The Labute approximate surface area is 110 Å². The highest BCUT2D eigenvalue weighted by Gasteiger charge is 2.15. The van der Waals surface area contributed by atoms with Gasteiger partial charge >= 0.3 is 0 Å². The number of methoxy groups -OCH3 is 1. The molecule has 1 aromatic carbocycles. The number of nitro benzene ring substituents is 1. The molecule has 2 aromatic rings. The predicted molar refractivity (Wildman–Crippen MR) is 73.4 cm³/mol. The maximum atomic E-state index is 11.0. The smallest absolute Gasteiger partial charge is 0.295 e. The minimum Gasteiger partial charge on any atom is -0.383 e. The standard InChI is InChI=1S/C13H15N3O3/c1-9(8-19-2)15-11-5-6-12(16(17)18)13-10(11)4-3-7-14-13/h3-7,9,15H,8H2,1-2H3. The van der Waals surface area contributed by atoms with E-state index in [-0.39, 0.29) is 11.7 Å². The van der Waals surface area contributed by atoms with Crippen molar-refractivity contribution in [1.29, 1.82) is 0 Å². The van der Waals surface area contributed by atoms with Crippen LogP contribution >= 0.6 is 0 Å². The molecule has 100 valence electrons. The summed E-state index contributed by atoms with van der Waals surface area (Å²) in [6.45, 7) is 2.53. The summed E-state index contributed by atoms with van der Waals surface area (Å²) < 4.78 is 5.06. The highest BCUT2D eigenvalue weighted by atomic mass is 16.6. The minimum absolute atomic E-state index is 0.0144. The summed E-state index contributed by atoms with van der Waals surface area (Å²) >= 11 is 0. The van der Waals surface area contributed by atoms with Crippen LogP contribution in [0, 0.1) is 10.1 Å². The lowest BCUT2D eigenvalue weighted by Gasteiger charge is -2.15. The van der Waals surface area contributed by atoms with Crippen molar-refractivity contribution in [3.05, 3.63) is 40.6 Å². The molecule has 0 saturated heterocycles. The Balaban J connectivity index is 2.46. The van der Waals surface area contributed by atoms with E-state index in [0.29, 0.717) is 12.1 Å². The zero-order valence-corrected chi connectivity index (χ0v) is 10.8. The Hall–Kier alpha value is -2.21. The Morgan fingerprint density at radius 3 is 2.95 bits per heavy atom. The van der Waals surface area contributed by atoms with Gasteiger partial charge in [0.1, 0.15) is 5.52 Å². The number of benzene rings is 1. The monoisotopic (exact) mass is 261 g/mol. The van der Waals surface area contributed by atoms with Crippen LogP contribution in [0.3, 0.4) is 0 Å². The van der Waals surface area contributed by atoms with Crippen molar-refractivity contribution >= 4 is 22.3 Å². The van der Waals surface area contributed by atoms with Gasteiger partial charge in [-0.3, -0.25) is 10.1 Å². The molecule has 0 aliphatic rings. The van der Waals surface area contributed by atoms with Gasteiger partial charge in [0.05, 0.1) is 11.5 Å². The fourth-order valence-corrected chi connectivity index (χ4v) is 1.99. The molecule has 1 unspecified atom stereocenters. The number of aromatic nitrogens is 1. The fraction of sp³-hybridized carbons (Fsp3) is 0.308. The zero-order valence-electron chi connectivity index (χ0n) is 10.8. The molecule has 0 spiro atoms. The van der Waals surface area contributed by atoms with E-state index in [0.717, 1.165) is 11.1 Å². The van der Waals surface area contributed by atoms with Gasteiger partial charge in [-0.1, -0.05) is 0 Å². The van der Waals surface area contributed by atoms with Gasteiger partial charge in [-0.2, -0.15) is 0 Å². The van der Waals surface area contributed by atoms with Gasteiger partial charge in [-0.05, 0) is 25.1 Å². The highest BCUT2D eigenvalue weighted by Crippen LogP contribution is 2.29. The predicted octanol–water partition coefficient (Wildman–Crippen LogP) is 2.59. The van der Waals surface area contributed by atoms with Crippen molar-refractivity contribution < 1.29 is 9.66 Å². The molecule has 19 heavy (non-hydrogen) atoms. The van der Waals surface area contributed by atoms with Crippen LogP contribution in [0.5, 0.6) is 0 Å². The number of hydrogen-bond donors (Lipinski definition) is 1. The second kappa shape index (κ2) is 5.62. The van der Waals surface area contributed by atoms with Crippen molar-refractivity contribution in [2.45, 2.75) is 13.0 Å². The number of nitrogens with zero attached hydrogens (tertiary/aromatic N) is 2. The van der Waals surface area contributed by atoms with Gasteiger partial charge in [-0.25, -0.2) is 4.98 Å². The average Bonchev–Trinajstić information content (AvgIpc) is 2.39. The molecule has 0 amide bonds. The van der Waals surface area contributed by atoms with Crippen LogP contribution in [0.1, 0.15) is 6.92 Å². The third kappa shape index (κ3) is 2.79. The van der Waals surface area contributed by atoms with Crippen LogP contribution in [0.4, 0.5) is 11.4 Å². The number of rotatable bonds is 5. The van der Waals surface area contributed by atoms with Gasteiger partial charge in [-0.15, -0.1) is 0 Å². The maximum absolute atomic E-state index is 11.0. The molecule has 1 N–H and O–H groups in total. The maximum Gasteiger partial charge on any atom is 0.295 e. The first-order valence-electron chi connectivity index (χ1n) is 5.91.